The fourth-order valence-electron chi connectivity index (χ4n) is 5.40. The molecule has 7 rings (SSSR count). The van der Waals surface area contributed by atoms with Crippen molar-refractivity contribution in [2.24, 2.45) is 0 Å². The van der Waals surface area contributed by atoms with E-state index in [-0.39, 0.29) is 0 Å². The van der Waals surface area contributed by atoms with Crippen molar-refractivity contribution in [2.45, 2.75) is 0 Å². The third-order valence-electron chi connectivity index (χ3n) is 7.28. The molecule has 182 valence electrons. The van der Waals surface area contributed by atoms with E-state index in [1.165, 1.54) is 32.9 Å². The molecule has 0 unspecified atom stereocenters. The molecule has 0 saturated carbocycles. The van der Waals surface area contributed by atoms with Crippen molar-refractivity contribution < 1.29 is 0 Å². The Bertz CT molecular complexity index is 2010. The van der Waals surface area contributed by atoms with E-state index in [2.05, 4.69) is 136 Å². The van der Waals surface area contributed by atoms with Crippen molar-refractivity contribution in [3.8, 4) is 39.1 Å². The zero-order valence-electron chi connectivity index (χ0n) is 21.1. The molecular weight excluding hydrogens is 474 g/mol. The van der Waals surface area contributed by atoms with Crippen LogP contribution >= 0.6 is 0 Å². The van der Waals surface area contributed by atoms with Crippen LogP contribution in [-0.2, 0) is 0 Å². The minimum absolute atomic E-state index is 0.404. The molecule has 5 aromatic carbocycles. The minimum Gasteiger partial charge on any atom is -0.361 e. The molecule has 0 aliphatic rings. The second kappa shape index (κ2) is 9.45. The van der Waals surface area contributed by atoms with Gasteiger partial charge in [0.15, 0.2) is 0 Å². The monoisotopic (exact) mass is 497 g/mol. The summed E-state index contributed by atoms with van der Waals surface area (Å²) in [6.45, 7) is 7.32. The van der Waals surface area contributed by atoms with Gasteiger partial charge in [0.1, 0.15) is 6.20 Å². The van der Waals surface area contributed by atoms with E-state index in [0.29, 0.717) is 5.82 Å². The molecule has 0 aliphatic heterocycles. The fourth-order valence-corrected chi connectivity index (χ4v) is 5.40. The second-order valence-electron chi connectivity index (χ2n) is 9.60. The van der Waals surface area contributed by atoms with Gasteiger partial charge in [0.2, 0.25) is 0 Å². The highest BCUT2D eigenvalue weighted by Gasteiger charge is 2.15. The largest absolute Gasteiger partial charge is 0.361 e. The Hall–Kier alpha value is -5.46. The van der Waals surface area contributed by atoms with Crippen LogP contribution in [0, 0.1) is 6.57 Å². The van der Waals surface area contributed by atoms with E-state index in [1.54, 1.807) is 6.20 Å². The number of hydrogen-bond donors (Lipinski definition) is 0. The molecule has 0 fully saturated rings. The molecule has 0 atom stereocenters. The summed E-state index contributed by atoms with van der Waals surface area (Å²) in [6, 6.07) is 46.9. The summed E-state index contributed by atoms with van der Waals surface area (Å²) in [4.78, 5) is 7.62. The molecule has 0 radical (unpaired) electrons. The van der Waals surface area contributed by atoms with Gasteiger partial charge in [0, 0.05) is 16.5 Å². The van der Waals surface area contributed by atoms with Crippen molar-refractivity contribution in [3.63, 3.8) is 0 Å². The predicted molar refractivity (Wildman–Crippen MR) is 161 cm³/mol. The van der Waals surface area contributed by atoms with Gasteiger partial charge in [-0.15, -0.1) is 4.98 Å². The van der Waals surface area contributed by atoms with Crippen molar-refractivity contribution in [1.29, 1.82) is 0 Å². The van der Waals surface area contributed by atoms with Crippen LogP contribution in [0.2, 0.25) is 0 Å². The lowest BCUT2D eigenvalue weighted by Gasteiger charge is -2.10. The van der Waals surface area contributed by atoms with Gasteiger partial charge in [-0.05, 0) is 75.8 Å². The highest BCUT2D eigenvalue weighted by molar-refractivity contribution is 6.11. The third kappa shape index (κ3) is 4.05. The van der Waals surface area contributed by atoms with E-state index in [0.717, 1.165) is 27.9 Å². The van der Waals surface area contributed by atoms with Gasteiger partial charge < -0.3 is 9.41 Å². The van der Waals surface area contributed by atoms with Crippen LogP contribution in [0.5, 0.6) is 0 Å². The molecule has 0 aliphatic carbocycles. The van der Waals surface area contributed by atoms with E-state index >= 15 is 0 Å². The zero-order valence-corrected chi connectivity index (χ0v) is 21.1. The number of hydrogen-bond acceptors (Lipinski definition) is 1. The molecule has 0 spiro atoms. The van der Waals surface area contributed by atoms with Crippen molar-refractivity contribution in [2.75, 3.05) is 0 Å². The molecule has 0 saturated heterocycles. The SMILES string of the molecule is [C-]#[N+]c1cc(-c2cccc(-c3ccc4c5ccc(-c6ccccc6)cc5n(-c5ccccc5)c4c3)c2)ccn1. The number of fused-ring (bicyclic) bond motifs is 3. The van der Waals surface area contributed by atoms with Crippen LogP contribution < -0.4 is 0 Å². The number of rotatable bonds is 4. The lowest BCUT2D eigenvalue weighted by molar-refractivity contribution is 1.18. The summed E-state index contributed by atoms with van der Waals surface area (Å²) in [5, 5.41) is 2.46. The maximum absolute atomic E-state index is 7.32. The van der Waals surface area contributed by atoms with E-state index < -0.39 is 0 Å². The molecule has 39 heavy (non-hydrogen) atoms. The summed E-state index contributed by atoms with van der Waals surface area (Å²) < 4.78 is 2.37. The lowest BCUT2D eigenvalue weighted by atomic mass is 9.98. The molecule has 0 N–H and O–H groups in total. The summed E-state index contributed by atoms with van der Waals surface area (Å²) in [7, 11) is 0. The summed E-state index contributed by atoms with van der Waals surface area (Å²) in [5.41, 5.74) is 10.2. The standard InChI is InChI=1S/C36H23N3/c1-37-36-24-30(19-20-38-36)27-12-8-11-26(21-27)29-16-18-33-32-17-15-28(25-9-4-2-5-10-25)22-34(32)39(35(33)23-29)31-13-6-3-7-14-31/h2-24H. The van der Waals surface area contributed by atoms with Gasteiger partial charge in [-0.3, -0.25) is 0 Å². The van der Waals surface area contributed by atoms with Gasteiger partial charge in [0.25, 0.3) is 5.82 Å². The van der Waals surface area contributed by atoms with Crippen molar-refractivity contribution in [1.82, 2.24) is 9.55 Å². The van der Waals surface area contributed by atoms with Crippen LogP contribution in [0.3, 0.4) is 0 Å². The van der Waals surface area contributed by atoms with E-state index in [1.807, 2.05) is 12.1 Å². The predicted octanol–water partition coefficient (Wildman–Crippen LogP) is 9.73. The molecular formula is C36H23N3. The second-order valence-corrected chi connectivity index (χ2v) is 9.60. The van der Waals surface area contributed by atoms with E-state index in [9.17, 15) is 0 Å². The Morgan fingerprint density at radius 2 is 1.03 bits per heavy atom. The van der Waals surface area contributed by atoms with Crippen LogP contribution in [0.4, 0.5) is 5.82 Å². The summed E-state index contributed by atoms with van der Waals surface area (Å²) >= 11 is 0. The number of aromatic nitrogens is 2. The number of para-hydroxylation sites is 1. The Morgan fingerprint density at radius 3 is 1.67 bits per heavy atom. The van der Waals surface area contributed by atoms with Crippen LogP contribution in [0.1, 0.15) is 0 Å². The summed E-state index contributed by atoms with van der Waals surface area (Å²) in [6.07, 6.45) is 1.70. The average Bonchev–Trinajstić information content (AvgIpc) is 3.35. The van der Waals surface area contributed by atoms with Gasteiger partial charge in [0.05, 0.1) is 11.0 Å². The molecule has 2 heterocycles. The number of benzene rings is 5. The van der Waals surface area contributed by atoms with Gasteiger partial charge in [-0.1, -0.05) is 97.6 Å². The molecule has 3 nitrogen and oxygen atoms in total. The van der Waals surface area contributed by atoms with Gasteiger partial charge >= 0.3 is 0 Å². The average molecular weight is 498 g/mol. The smallest absolute Gasteiger partial charge is 0.270 e. The minimum atomic E-state index is 0.404. The van der Waals surface area contributed by atoms with Crippen molar-refractivity contribution in [3.05, 3.63) is 151 Å². The highest BCUT2D eigenvalue weighted by Crippen LogP contribution is 2.37. The lowest BCUT2D eigenvalue weighted by Crippen LogP contribution is -1.93. The normalized spacial score (nSPS) is 11.1. The topological polar surface area (TPSA) is 22.2 Å². The number of nitrogens with zero attached hydrogens (tertiary/aromatic N) is 3. The highest BCUT2D eigenvalue weighted by atomic mass is 15.0. The number of pyridine rings is 1. The van der Waals surface area contributed by atoms with Gasteiger partial charge in [-0.2, -0.15) is 0 Å². The molecule has 2 aromatic heterocycles. The Balaban J connectivity index is 1.43. The van der Waals surface area contributed by atoms with E-state index in [4.69, 9.17) is 6.57 Å². The first-order chi connectivity index (χ1) is 19.3. The molecule has 0 amide bonds. The molecule has 7 aromatic rings. The fraction of sp³-hybridized carbons (Fsp3) is 0. The first-order valence-electron chi connectivity index (χ1n) is 12.9. The van der Waals surface area contributed by atoms with Crippen LogP contribution in [-0.4, -0.2) is 9.55 Å². The van der Waals surface area contributed by atoms with Crippen LogP contribution in [0.25, 0.3) is 65.7 Å². The quantitative estimate of drug-likeness (QED) is 0.222. The first kappa shape index (κ1) is 22.7. The molecule has 3 heteroatoms. The summed E-state index contributed by atoms with van der Waals surface area (Å²) in [5.74, 6) is 0.404. The van der Waals surface area contributed by atoms with Gasteiger partial charge in [-0.25, -0.2) is 0 Å². The maximum atomic E-state index is 7.32. The maximum Gasteiger partial charge on any atom is 0.270 e. The Labute approximate surface area is 227 Å². The first-order valence-corrected chi connectivity index (χ1v) is 12.9. The third-order valence-corrected chi connectivity index (χ3v) is 7.28. The molecule has 0 bridgehead atoms. The Kier molecular flexibility index (Phi) is 5.50. The zero-order chi connectivity index (χ0) is 26.2. The van der Waals surface area contributed by atoms with Crippen LogP contribution in [0.15, 0.2) is 140 Å². The van der Waals surface area contributed by atoms with Crippen molar-refractivity contribution >= 4 is 27.6 Å². The Morgan fingerprint density at radius 1 is 0.487 bits per heavy atom.